The summed E-state index contributed by atoms with van der Waals surface area (Å²) in [6.07, 6.45) is 1.35. The number of nitrogens with zero attached hydrogens (tertiary/aromatic N) is 1. The molecule has 1 aliphatic rings. The minimum absolute atomic E-state index is 0.523. The smallest absolute Gasteiger partial charge is 0.0414 e. The van der Waals surface area contributed by atoms with E-state index >= 15 is 0 Å². The third kappa shape index (κ3) is 4.00. The van der Waals surface area contributed by atoms with Gasteiger partial charge >= 0.3 is 0 Å². The summed E-state index contributed by atoms with van der Waals surface area (Å²) in [5, 5.41) is 3.58. The SMILES string of the molecule is Cc1ccc(N2CC(C)CC(C)C2C)c(CNC(C)C)c1. The lowest BCUT2D eigenvalue weighted by molar-refractivity contribution is 0.296. The molecule has 0 saturated carbocycles. The largest absolute Gasteiger partial charge is 0.368 e. The molecule has 1 aromatic carbocycles. The van der Waals surface area contributed by atoms with E-state index in [1.807, 2.05) is 0 Å². The predicted molar refractivity (Wildman–Crippen MR) is 92.9 cm³/mol. The van der Waals surface area contributed by atoms with Crippen molar-refractivity contribution in [2.24, 2.45) is 11.8 Å². The first kappa shape index (κ1) is 16.4. The van der Waals surface area contributed by atoms with Crippen LogP contribution in [0.5, 0.6) is 0 Å². The number of nitrogens with one attached hydrogen (secondary N) is 1. The van der Waals surface area contributed by atoms with Gasteiger partial charge in [-0.15, -0.1) is 0 Å². The van der Waals surface area contributed by atoms with Gasteiger partial charge in [-0.1, -0.05) is 45.4 Å². The summed E-state index contributed by atoms with van der Waals surface area (Å²) in [5.41, 5.74) is 4.22. The van der Waals surface area contributed by atoms with Crippen molar-refractivity contribution in [1.29, 1.82) is 0 Å². The highest BCUT2D eigenvalue weighted by Crippen LogP contribution is 2.33. The topological polar surface area (TPSA) is 15.3 Å². The molecule has 0 amide bonds. The van der Waals surface area contributed by atoms with Crippen LogP contribution in [0.1, 0.15) is 52.2 Å². The van der Waals surface area contributed by atoms with E-state index in [1.54, 1.807) is 0 Å². The van der Waals surface area contributed by atoms with Gasteiger partial charge in [0, 0.05) is 30.9 Å². The number of rotatable bonds is 4. The van der Waals surface area contributed by atoms with Crippen molar-refractivity contribution in [1.82, 2.24) is 5.32 Å². The van der Waals surface area contributed by atoms with Crippen molar-refractivity contribution in [2.75, 3.05) is 11.4 Å². The molecule has 3 unspecified atom stereocenters. The molecule has 1 N–H and O–H groups in total. The second kappa shape index (κ2) is 6.83. The quantitative estimate of drug-likeness (QED) is 0.885. The standard InChI is InChI=1S/C19H32N2/c1-13(2)20-11-18-10-14(3)7-8-19(18)21-12-15(4)9-16(5)17(21)6/h7-8,10,13,15-17,20H,9,11-12H2,1-6H3. The second-order valence-corrected chi connectivity index (χ2v) is 7.38. The molecule has 3 atom stereocenters. The Morgan fingerprint density at radius 3 is 2.62 bits per heavy atom. The zero-order valence-electron chi connectivity index (χ0n) is 14.6. The fourth-order valence-electron chi connectivity index (χ4n) is 3.48. The maximum absolute atomic E-state index is 3.58. The Bertz CT molecular complexity index is 467. The van der Waals surface area contributed by atoms with E-state index in [-0.39, 0.29) is 0 Å². The van der Waals surface area contributed by atoms with E-state index in [2.05, 4.69) is 70.0 Å². The molecule has 0 spiro atoms. The first-order chi connectivity index (χ1) is 9.88. The molecular weight excluding hydrogens is 256 g/mol. The summed E-state index contributed by atoms with van der Waals surface area (Å²) in [6.45, 7) is 15.9. The van der Waals surface area contributed by atoms with E-state index in [9.17, 15) is 0 Å². The molecule has 21 heavy (non-hydrogen) atoms. The number of anilines is 1. The molecular formula is C19H32N2. The number of hydrogen-bond donors (Lipinski definition) is 1. The van der Waals surface area contributed by atoms with Crippen LogP contribution in [0.15, 0.2) is 18.2 Å². The summed E-state index contributed by atoms with van der Waals surface area (Å²) in [6, 6.07) is 8.08. The summed E-state index contributed by atoms with van der Waals surface area (Å²) in [7, 11) is 0. The Labute approximate surface area is 130 Å². The van der Waals surface area contributed by atoms with Gasteiger partial charge in [-0.05, 0) is 43.7 Å². The van der Waals surface area contributed by atoms with Crippen LogP contribution in [0.25, 0.3) is 0 Å². The molecule has 2 heteroatoms. The third-order valence-corrected chi connectivity index (χ3v) is 4.84. The Balaban J connectivity index is 2.28. The summed E-state index contributed by atoms with van der Waals surface area (Å²) in [4.78, 5) is 2.63. The molecule has 1 heterocycles. The Morgan fingerprint density at radius 1 is 1.24 bits per heavy atom. The van der Waals surface area contributed by atoms with Gasteiger partial charge in [-0.3, -0.25) is 0 Å². The first-order valence-corrected chi connectivity index (χ1v) is 8.48. The molecule has 1 aromatic rings. The van der Waals surface area contributed by atoms with E-state index in [1.165, 1.54) is 29.8 Å². The lowest BCUT2D eigenvalue weighted by Gasteiger charge is -2.43. The number of aryl methyl sites for hydroxylation is 1. The third-order valence-electron chi connectivity index (χ3n) is 4.84. The van der Waals surface area contributed by atoms with Crippen molar-refractivity contribution >= 4 is 5.69 Å². The van der Waals surface area contributed by atoms with Crippen molar-refractivity contribution in [3.63, 3.8) is 0 Å². The van der Waals surface area contributed by atoms with Crippen molar-refractivity contribution in [3.05, 3.63) is 29.3 Å². The van der Waals surface area contributed by atoms with E-state index in [4.69, 9.17) is 0 Å². The van der Waals surface area contributed by atoms with Gasteiger partial charge in [0.2, 0.25) is 0 Å². The highest BCUT2D eigenvalue weighted by atomic mass is 15.2. The molecule has 2 rings (SSSR count). The highest BCUT2D eigenvalue weighted by molar-refractivity contribution is 5.56. The van der Waals surface area contributed by atoms with Gasteiger partial charge in [0.15, 0.2) is 0 Å². The monoisotopic (exact) mass is 288 g/mol. The van der Waals surface area contributed by atoms with Gasteiger partial charge in [-0.25, -0.2) is 0 Å². The average Bonchev–Trinajstić information content (AvgIpc) is 2.41. The van der Waals surface area contributed by atoms with Crippen LogP contribution in [0, 0.1) is 18.8 Å². The summed E-state index contributed by atoms with van der Waals surface area (Å²) in [5.74, 6) is 1.55. The van der Waals surface area contributed by atoms with Crippen LogP contribution >= 0.6 is 0 Å². The van der Waals surface area contributed by atoms with Gasteiger partial charge in [0.05, 0.1) is 0 Å². The van der Waals surface area contributed by atoms with Crippen LogP contribution < -0.4 is 10.2 Å². The summed E-state index contributed by atoms with van der Waals surface area (Å²) < 4.78 is 0. The van der Waals surface area contributed by atoms with Crippen LogP contribution in [-0.2, 0) is 6.54 Å². The zero-order valence-corrected chi connectivity index (χ0v) is 14.6. The molecule has 2 nitrogen and oxygen atoms in total. The first-order valence-electron chi connectivity index (χ1n) is 8.48. The second-order valence-electron chi connectivity index (χ2n) is 7.38. The zero-order chi connectivity index (χ0) is 15.6. The van der Waals surface area contributed by atoms with Gasteiger partial charge in [0.25, 0.3) is 0 Å². The minimum Gasteiger partial charge on any atom is -0.368 e. The summed E-state index contributed by atoms with van der Waals surface area (Å²) >= 11 is 0. The van der Waals surface area contributed by atoms with E-state index < -0.39 is 0 Å². The van der Waals surface area contributed by atoms with Crippen LogP contribution in [-0.4, -0.2) is 18.6 Å². The number of piperidine rings is 1. The van der Waals surface area contributed by atoms with Gasteiger partial charge < -0.3 is 10.2 Å². The normalized spacial score (nSPS) is 26.4. The molecule has 1 aliphatic heterocycles. The fourth-order valence-corrected chi connectivity index (χ4v) is 3.48. The average molecular weight is 288 g/mol. The fraction of sp³-hybridized carbons (Fsp3) is 0.684. The molecule has 0 aliphatic carbocycles. The molecule has 118 valence electrons. The molecule has 0 radical (unpaired) electrons. The van der Waals surface area contributed by atoms with E-state index in [0.717, 1.165) is 18.4 Å². The van der Waals surface area contributed by atoms with Gasteiger partial charge in [0.1, 0.15) is 0 Å². The molecule has 1 fully saturated rings. The van der Waals surface area contributed by atoms with Crippen molar-refractivity contribution in [2.45, 2.75) is 66.6 Å². The van der Waals surface area contributed by atoms with Crippen LogP contribution in [0.3, 0.4) is 0 Å². The maximum Gasteiger partial charge on any atom is 0.0414 e. The number of hydrogen-bond acceptors (Lipinski definition) is 2. The Morgan fingerprint density at radius 2 is 1.95 bits per heavy atom. The number of benzene rings is 1. The molecule has 0 bridgehead atoms. The van der Waals surface area contributed by atoms with Crippen molar-refractivity contribution < 1.29 is 0 Å². The van der Waals surface area contributed by atoms with Crippen LogP contribution in [0.2, 0.25) is 0 Å². The highest BCUT2D eigenvalue weighted by Gasteiger charge is 2.29. The molecule has 0 aromatic heterocycles. The molecule has 1 saturated heterocycles. The predicted octanol–water partition coefficient (Wildman–Crippen LogP) is 4.36. The Hall–Kier alpha value is -1.02. The van der Waals surface area contributed by atoms with Crippen LogP contribution in [0.4, 0.5) is 5.69 Å². The van der Waals surface area contributed by atoms with E-state index in [0.29, 0.717) is 12.1 Å². The lowest BCUT2D eigenvalue weighted by atomic mass is 9.85. The lowest BCUT2D eigenvalue weighted by Crippen LogP contribution is -2.46. The Kier molecular flexibility index (Phi) is 5.32. The van der Waals surface area contributed by atoms with Gasteiger partial charge in [-0.2, -0.15) is 0 Å². The maximum atomic E-state index is 3.58. The van der Waals surface area contributed by atoms with Crippen molar-refractivity contribution in [3.8, 4) is 0 Å². The minimum atomic E-state index is 0.523.